The molecule has 9 nitrogen and oxygen atoms in total. The summed E-state index contributed by atoms with van der Waals surface area (Å²) in [4.78, 5) is 35.3. The van der Waals surface area contributed by atoms with Crippen molar-refractivity contribution in [3.63, 3.8) is 0 Å². The summed E-state index contributed by atoms with van der Waals surface area (Å²) in [5.74, 6) is -0.819. The first kappa shape index (κ1) is 79.9. The lowest BCUT2D eigenvalue weighted by Crippen LogP contribution is -2.29. The number of esters is 2. The molecule has 0 amide bonds. The third-order valence-electron chi connectivity index (χ3n) is 15.0. The van der Waals surface area contributed by atoms with Gasteiger partial charge < -0.3 is 20.1 Å². The lowest BCUT2D eigenvalue weighted by Gasteiger charge is -2.19. The second-order valence-corrected chi connectivity index (χ2v) is 24.4. The summed E-state index contributed by atoms with van der Waals surface area (Å²) in [6, 6.07) is 0. The number of carbonyl (C=O) groups is 2. The van der Waals surface area contributed by atoms with E-state index in [1.54, 1.807) is 0 Å². The second kappa shape index (κ2) is 68.0. The third kappa shape index (κ3) is 67.9. The molecule has 0 radical (unpaired) electrons. The van der Waals surface area contributed by atoms with Gasteiger partial charge >= 0.3 is 19.8 Å². The quantitative estimate of drug-likeness (QED) is 0.0264. The molecule has 83 heavy (non-hydrogen) atoms. The number of phosphoric acid groups is 1. The van der Waals surface area contributed by atoms with E-state index in [0.717, 1.165) is 83.5 Å². The summed E-state index contributed by atoms with van der Waals surface area (Å²) in [6.45, 7) is 3.56. The van der Waals surface area contributed by atoms with Gasteiger partial charge in [-0.25, -0.2) is 4.57 Å². The number of ether oxygens (including phenoxy) is 2. The Hall–Kier alpha value is -3.07. The maximum atomic E-state index is 12.8. The molecule has 0 aliphatic heterocycles. The standard InChI is InChI=1S/C73H130NO8P/c1-3-5-7-9-11-13-15-17-19-21-23-25-27-29-30-31-32-33-34-35-36-37-38-39-40-42-44-46-48-50-52-54-56-58-60-62-64-66-73(76)82-71(70-81-83(77,78)80-68-67-74)69-79-72(75)65-63-61-59-57-55-53-51-49-47-45-43-41-28-26-24-22-20-18-16-14-12-10-8-6-4-2/h5-8,11-14,17-20,23-26,71H,3-4,9-10,15-16,21-22,27-70,74H2,1-2H3,(H,77,78)/b7-5-,8-6-,13-11-,14-12-,19-17-,20-18-,25-23-,26-24-. The number of allylic oxidation sites excluding steroid dienone is 16. The lowest BCUT2D eigenvalue weighted by atomic mass is 10.0. The van der Waals surface area contributed by atoms with Gasteiger partial charge in [0, 0.05) is 19.4 Å². The van der Waals surface area contributed by atoms with E-state index < -0.39 is 26.5 Å². The molecule has 2 atom stereocenters. The van der Waals surface area contributed by atoms with Crippen LogP contribution >= 0.6 is 7.82 Å². The molecule has 0 fully saturated rings. The SMILES string of the molecule is CC/C=C\C/C=C\C/C=C\C/C=C\CCCCCCCCCCCCCCCCCCCCCCCCCCC(=O)OC(COC(=O)CCCCCCCCCCCCCC/C=C\C/C=C\C/C=C\C/C=C\CC)COP(=O)(O)OCCN. The molecular weight excluding hydrogens is 1050 g/mol. The fraction of sp³-hybridized carbons (Fsp3) is 0.753. The molecule has 0 aromatic rings. The van der Waals surface area contributed by atoms with E-state index >= 15 is 0 Å². The predicted octanol–water partition coefficient (Wildman–Crippen LogP) is 22.7. The predicted molar refractivity (Wildman–Crippen MR) is 358 cm³/mol. The van der Waals surface area contributed by atoms with Crippen molar-refractivity contribution < 1.29 is 37.6 Å². The van der Waals surface area contributed by atoms with Gasteiger partial charge in [-0.05, 0) is 89.9 Å². The Morgan fingerprint density at radius 1 is 0.361 bits per heavy atom. The van der Waals surface area contributed by atoms with Gasteiger partial charge in [0.25, 0.3) is 0 Å². The zero-order chi connectivity index (χ0) is 60.1. The molecule has 0 aliphatic rings. The van der Waals surface area contributed by atoms with E-state index in [1.165, 1.54) is 205 Å². The number of unbranched alkanes of at least 4 members (excludes halogenated alkanes) is 36. The summed E-state index contributed by atoms with van der Waals surface area (Å²) >= 11 is 0. The van der Waals surface area contributed by atoms with Gasteiger partial charge in [-0.2, -0.15) is 0 Å². The number of phosphoric ester groups is 1. The molecule has 0 rings (SSSR count). The minimum Gasteiger partial charge on any atom is -0.462 e. The number of rotatable bonds is 65. The topological polar surface area (TPSA) is 134 Å². The molecule has 0 bridgehead atoms. The summed E-state index contributed by atoms with van der Waals surface area (Å²) in [6.07, 6.45) is 92.2. The van der Waals surface area contributed by atoms with E-state index in [2.05, 4.69) is 111 Å². The minimum atomic E-state index is -4.40. The Kier molecular flexibility index (Phi) is 65.5. The molecule has 0 aromatic carbocycles. The summed E-state index contributed by atoms with van der Waals surface area (Å²) in [5, 5.41) is 0. The Balaban J connectivity index is 3.83. The first-order valence-electron chi connectivity index (χ1n) is 34.7. The van der Waals surface area contributed by atoms with Crippen LogP contribution in [0.25, 0.3) is 0 Å². The zero-order valence-electron chi connectivity index (χ0n) is 53.9. The molecule has 10 heteroatoms. The van der Waals surface area contributed by atoms with Gasteiger partial charge in [-0.1, -0.05) is 317 Å². The van der Waals surface area contributed by atoms with Crippen LogP contribution in [0.3, 0.4) is 0 Å². The van der Waals surface area contributed by atoms with Crippen LogP contribution in [-0.4, -0.2) is 49.3 Å². The van der Waals surface area contributed by atoms with E-state index in [4.69, 9.17) is 24.3 Å². The second-order valence-electron chi connectivity index (χ2n) is 23.0. The Bertz CT molecular complexity index is 1680. The summed E-state index contributed by atoms with van der Waals surface area (Å²) in [7, 11) is -4.40. The van der Waals surface area contributed by atoms with Gasteiger partial charge in [0.05, 0.1) is 13.2 Å². The van der Waals surface area contributed by atoms with Crippen molar-refractivity contribution in [3.05, 3.63) is 97.2 Å². The van der Waals surface area contributed by atoms with Gasteiger partial charge in [-0.15, -0.1) is 0 Å². The number of nitrogens with two attached hydrogens (primary N) is 1. The Labute approximate surface area is 512 Å². The van der Waals surface area contributed by atoms with E-state index in [1.807, 2.05) is 0 Å². The molecule has 0 saturated carbocycles. The lowest BCUT2D eigenvalue weighted by molar-refractivity contribution is -0.161. The van der Waals surface area contributed by atoms with Crippen molar-refractivity contribution in [2.24, 2.45) is 5.73 Å². The van der Waals surface area contributed by atoms with Crippen molar-refractivity contribution >= 4 is 19.8 Å². The average Bonchev–Trinajstić information content (AvgIpc) is 3.49. The monoisotopic (exact) mass is 1180 g/mol. The average molecular weight is 1180 g/mol. The Morgan fingerprint density at radius 2 is 0.627 bits per heavy atom. The molecule has 3 N–H and O–H groups in total. The minimum absolute atomic E-state index is 0.0518. The smallest absolute Gasteiger partial charge is 0.462 e. The third-order valence-corrected chi connectivity index (χ3v) is 15.9. The first-order valence-corrected chi connectivity index (χ1v) is 36.2. The van der Waals surface area contributed by atoms with Crippen molar-refractivity contribution in [3.8, 4) is 0 Å². The normalized spacial score (nSPS) is 13.5. The van der Waals surface area contributed by atoms with Gasteiger partial charge in [0.2, 0.25) is 0 Å². The summed E-state index contributed by atoms with van der Waals surface area (Å²) in [5.41, 5.74) is 5.40. The van der Waals surface area contributed by atoms with Crippen LogP contribution in [0.15, 0.2) is 97.2 Å². The van der Waals surface area contributed by atoms with Crippen LogP contribution in [0.5, 0.6) is 0 Å². The molecule has 0 aromatic heterocycles. The maximum absolute atomic E-state index is 12.8. The van der Waals surface area contributed by atoms with Crippen LogP contribution in [0.2, 0.25) is 0 Å². The Morgan fingerprint density at radius 3 is 0.928 bits per heavy atom. The zero-order valence-corrected chi connectivity index (χ0v) is 54.8. The summed E-state index contributed by atoms with van der Waals surface area (Å²) < 4.78 is 33.2. The van der Waals surface area contributed by atoms with Crippen LogP contribution in [0, 0.1) is 0 Å². The highest BCUT2D eigenvalue weighted by Crippen LogP contribution is 2.43. The molecule has 2 unspecified atom stereocenters. The number of carbonyl (C=O) groups excluding carboxylic acids is 2. The van der Waals surface area contributed by atoms with E-state index in [0.29, 0.717) is 6.42 Å². The van der Waals surface area contributed by atoms with Gasteiger partial charge in [0.1, 0.15) is 6.61 Å². The first-order chi connectivity index (χ1) is 40.8. The largest absolute Gasteiger partial charge is 0.472 e. The number of hydrogen-bond acceptors (Lipinski definition) is 8. The molecule has 0 saturated heterocycles. The fourth-order valence-corrected chi connectivity index (χ4v) is 10.7. The van der Waals surface area contributed by atoms with Crippen molar-refractivity contribution in [2.45, 2.75) is 328 Å². The molecule has 0 aliphatic carbocycles. The van der Waals surface area contributed by atoms with E-state index in [-0.39, 0.29) is 38.6 Å². The maximum Gasteiger partial charge on any atom is 0.472 e. The van der Waals surface area contributed by atoms with Crippen molar-refractivity contribution in [2.75, 3.05) is 26.4 Å². The highest BCUT2D eigenvalue weighted by molar-refractivity contribution is 7.47. The molecule has 480 valence electrons. The molecule has 0 spiro atoms. The van der Waals surface area contributed by atoms with Crippen LogP contribution in [-0.2, 0) is 32.7 Å². The van der Waals surface area contributed by atoms with Crippen molar-refractivity contribution in [1.82, 2.24) is 0 Å². The van der Waals surface area contributed by atoms with E-state index in [9.17, 15) is 19.0 Å². The van der Waals surface area contributed by atoms with Crippen molar-refractivity contribution in [1.29, 1.82) is 0 Å². The fourth-order valence-electron chi connectivity index (χ4n) is 9.92. The van der Waals surface area contributed by atoms with Gasteiger partial charge in [-0.3, -0.25) is 18.6 Å². The molecular formula is C73H130NO8P. The van der Waals surface area contributed by atoms with Crippen LogP contribution in [0.1, 0.15) is 322 Å². The highest BCUT2D eigenvalue weighted by atomic mass is 31.2. The van der Waals surface area contributed by atoms with Crippen LogP contribution < -0.4 is 5.73 Å². The number of hydrogen-bond donors (Lipinski definition) is 2. The van der Waals surface area contributed by atoms with Crippen LogP contribution in [0.4, 0.5) is 0 Å². The van der Waals surface area contributed by atoms with Gasteiger partial charge in [0.15, 0.2) is 6.10 Å². The molecule has 0 heterocycles. The highest BCUT2D eigenvalue weighted by Gasteiger charge is 2.26.